The second-order valence-corrected chi connectivity index (χ2v) is 3.12. The van der Waals surface area contributed by atoms with Crippen LogP contribution in [0.15, 0.2) is 35.2 Å². The van der Waals surface area contributed by atoms with Crippen LogP contribution in [0.1, 0.15) is 5.56 Å². The summed E-state index contributed by atoms with van der Waals surface area (Å²) in [4.78, 5) is 1.35. The van der Waals surface area contributed by atoms with Gasteiger partial charge in [0.25, 0.3) is 0 Å². The van der Waals surface area contributed by atoms with Gasteiger partial charge in [0.2, 0.25) is 0 Å². The van der Waals surface area contributed by atoms with Gasteiger partial charge in [-0.2, -0.15) is 0 Å². The highest BCUT2D eigenvalue weighted by Gasteiger charge is 2.02. The Kier molecular flexibility index (Phi) is 1.52. The van der Waals surface area contributed by atoms with E-state index in [0.717, 1.165) is 6.42 Å². The van der Waals surface area contributed by atoms with Crippen LogP contribution in [0.3, 0.4) is 0 Å². The van der Waals surface area contributed by atoms with Crippen molar-refractivity contribution in [2.24, 2.45) is 0 Å². The topological polar surface area (TPSA) is 0 Å². The Hall–Kier alpha value is -0.690. The van der Waals surface area contributed by atoms with Crippen molar-refractivity contribution < 1.29 is 0 Å². The predicted octanol–water partition coefficient (Wildman–Crippen LogP) is 2.65. The maximum absolute atomic E-state index is 3.13. The number of hydrogen-bond acceptors (Lipinski definition) is 1. The van der Waals surface area contributed by atoms with E-state index in [2.05, 4.69) is 35.7 Å². The fourth-order valence-corrected chi connectivity index (χ4v) is 1.75. The summed E-state index contributed by atoms with van der Waals surface area (Å²) in [5.74, 6) is 0. The van der Waals surface area contributed by atoms with E-state index in [1.165, 1.54) is 10.5 Å². The molecule has 1 heterocycles. The van der Waals surface area contributed by atoms with Crippen LogP contribution >= 0.6 is 11.8 Å². The minimum absolute atomic E-state index is 1.04. The Labute approximate surface area is 65.0 Å². The first-order valence-corrected chi connectivity index (χ1v) is 4.10. The molecule has 49 valence electrons. The zero-order chi connectivity index (χ0) is 6.81. The predicted molar refractivity (Wildman–Crippen MR) is 43.8 cm³/mol. The Morgan fingerprint density at radius 2 is 2.20 bits per heavy atom. The molecule has 0 nitrogen and oxygen atoms in total. The highest BCUT2D eigenvalue weighted by atomic mass is 32.2. The van der Waals surface area contributed by atoms with E-state index in [4.69, 9.17) is 0 Å². The maximum Gasteiger partial charge on any atom is 0.0222 e. The van der Waals surface area contributed by atoms with Crippen LogP contribution < -0.4 is 0 Å². The fraction of sp³-hybridized carbons (Fsp3) is 0.111. The maximum atomic E-state index is 3.13. The standard InChI is InChI=1S/C9H7S/c1-2-6-9-8(4-1)5-3-7-10-9/h1-4,6H,5H2. The number of thioether (sulfide) groups is 1. The van der Waals surface area contributed by atoms with Gasteiger partial charge in [0.15, 0.2) is 0 Å². The molecule has 0 amide bonds. The number of fused-ring (bicyclic) bond motifs is 1. The fourth-order valence-electron chi connectivity index (χ4n) is 1.03. The van der Waals surface area contributed by atoms with E-state index in [-0.39, 0.29) is 0 Å². The lowest BCUT2D eigenvalue weighted by molar-refractivity contribution is 1.17. The Bertz CT molecular complexity index is 236. The summed E-state index contributed by atoms with van der Waals surface area (Å²) in [6, 6.07) is 8.46. The summed E-state index contributed by atoms with van der Waals surface area (Å²) in [5.41, 5.74) is 1.42. The molecule has 2 rings (SSSR count). The van der Waals surface area contributed by atoms with Crippen molar-refractivity contribution in [3.63, 3.8) is 0 Å². The molecule has 0 N–H and O–H groups in total. The van der Waals surface area contributed by atoms with Gasteiger partial charge in [-0.3, -0.25) is 0 Å². The van der Waals surface area contributed by atoms with Crippen molar-refractivity contribution in [1.82, 2.24) is 0 Å². The van der Waals surface area contributed by atoms with Crippen molar-refractivity contribution in [2.45, 2.75) is 11.3 Å². The largest absolute Gasteiger partial charge is 0.0889 e. The molecule has 1 aliphatic heterocycles. The lowest BCUT2D eigenvalue weighted by Gasteiger charge is -2.07. The zero-order valence-corrected chi connectivity index (χ0v) is 6.32. The van der Waals surface area contributed by atoms with Crippen molar-refractivity contribution in [3.8, 4) is 0 Å². The van der Waals surface area contributed by atoms with E-state index in [0.29, 0.717) is 0 Å². The SMILES string of the molecule is [C]1=CCc2ccccc2S1. The molecule has 1 radical (unpaired) electrons. The van der Waals surface area contributed by atoms with Crippen LogP contribution in [0.25, 0.3) is 0 Å². The van der Waals surface area contributed by atoms with Crippen LogP contribution in [0.2, 0.25) is 0 Å². The second kappa shape index (κ2) is 2.51. The second-order valence-electron chi connectivity index (χ2n) is 2.24. The van der Waals surface area contributed by atoms with E-state index in [9.17, 15) is 0 Å². The molecular formula is C9H7S. The highest BCUT2D eigenvalue weighted by molar-refractivity contribution is 8.01. The van der Waals surface area contributed by atoms with Gasteiger partial charge < -0.3 is 0 Å². The highest BCUT2D eigenvalue weighted by Crippen LogP contribution is 2.27. The summed E-state index contributed by atoms with van der Waals surface area (Å²) in [6.45, 7) is 0. The van der Waals surface area contributed by atoms with Crippen molar-refractivity contribution >= 4 is 11.8 Å². The molecule has 1 aliphatic rings. The molecule has 0 unspecified atom stereocenters. The first-order chi connectivity index (χ1) is 4.97. The molecule has 0 atom stereocenters. The molecule has 1 aromatic rings. The third kappa shape index (κ3) is 0.971. The molecule has 0 saturated carbocycles. The molecule has 0 saturated heterocycles. The van der Waals surface area contributed by atoms with Gasteiger partial charge >= 0.3 is 0 Å². The summed E-state index contributed by atoms with van der Waals surface area (Å²) in [7, 11) is 0. The summed E-state index contributed by atoms with van der Waals surface area (Å²) < 4.78 is 0. The molecule has 10 heavy (non-hydrogen) atoms. The number of allylic oxidation sites excluding steroid dienone is 1. The van der Waals surface area contributed by atoms with Gasteiger partial charge in [-0.1, -0.05) is 36.0 Å². The Morgan fingerprint density at radius 3 is 3.10 bits per heavy atom. The molecular weight excluding hydrogens is 140 g/mol. The molecule has 0 spiro atoms. The van der Waals surface area contributed by atoms with Gasteiger partial charge in [-0.15, -0.1) is 0 Å². The lowest BCUT2D eigenvalue weighted by atomic mass is 10.1. The number of benzene rings is 1. The van der Waals surface area contributed by atoms with Gasteiger partial charge in [-0.25, -0.2) is 0 Å². The molecule has 0 aliphatic carbocycles. The smallest absolute Gasteiger partial charge is 0.0222 e. The van der Waals surface area contributed by atoms with Crippen LogP contribution in [-0.4, -0.2) is 0 Å². The minimum atomic E-state index is 1.04. The third-order valence-corrected chi connectivity index (χ3v) is 2.45. The number of hydrogen-bond donors (Lipinski definition) is 0. The first-order valence-electron chi connectivity index (χ1n) is 3.29. The molecule has 0 aromatic heterocycles. The van der Waals surface area contributed by atoms with Crippen molar-refractivity contribution in [2.75, 3.05) is 0 Å². The van der Waals surface area contributed by atoms with Crippen LogP contribution in [0, 0.1) is 5.41 Å². The van der Waals surface area contributed by atoms with E-state index in [1.54, 1.807) is 11.8 Å². The van der Waals surface area contributed by atoms with Gasteiger partial charge in [-0.05, 0) is 18.1 Å². The first kappa shape index (κ1) is 6.05. The van der Waals surface area contributed by atoms with Gasteiger partial charge in [0, 0.05) is 10.3 Å². The third-order valence-electron chi connectivity index (χ3n) is 1.55. The summed E-state index contributed by atoms with van der Waals surface area (Å²) >= 11 is 1.68. The van der Waals surface area contributed by atoms with E-state index < -0.39 is 0 Å². The Morgan fingerprint density at radius 1 is 1.30 bits per heavy atom. The summed E-state index contributed by atoms with van der Waals surface area (Å²) in [6.07, 6.45) is 3.12. The molecule has 0 fully saturated rings. The monoisotopic (exact) mass is 147 g/mol. The molecule has 0 bridgehead atoms. The quantitative estimate of drug-likeness (QED) is 0.543. The zero-order valence-electron chi connectivity index (χ0n) is 5.50. The van der Waals surface area contributed by atoms with Gasteiger partial charge in [0.1, 0.15) is 0 Å². The average molecular weight is 147 g/mol. The molecule has 1 heteroatoms. The van der Waals surface area contributed by atoms with E-state index in [1.807, 2.05) is 0 Å². The van der Waals surface area contributed by atoms with E-state index >= 15 is 0 Å². The normalized spacial score (nSPS) is 14.8. The van der Waals surface area contributed by atoms with Crippen molar-refractivity contribution in [3.05, 3.63) is 41.3 Å². The molecule has 1 aromatic carbocycles. The lowest BCUT2D eigenvalue weighted by Crippen LogP contribution is -1.87. The summed E-state index contributed by atoms with van der Waals surface area (Å²) in [5, 5.41) is 3.13. The minimum Gasteiger partial charge on any atom is -0.0889 e. The van der Waals surface area contributed by atoms with Crippen LogP contribution in [0.5, 0.6) is 0 Å². The van der Waals surface area contributed by atoms with Crippen LogP contribution in [0.4, 0.5) is 0 Å². The number of rotatable bonds is 0. The van der Waals surface area contributed by atoms with Gasteiger partial charge in [0.05, 0.1) is 0 Å². The van der Waals surface area contributed by atoms with Crippen molar-refractivity contribution in [1.29, 1.82) is 0 Å². The Balaban J connectivity index is 2.47. The average Bonchev–Trinajstić information content (AvgIpc) is 2.05. The van der Waals surface area contributed by atoms with Crippen LogP contribution in [-0.2, 0) is 6.42 Å².